The second kappa shape index (κ2) is 5.17. The highest BCUT2D eigenvalue weighted by molar-refractivity contribution is 6.20. The maximum atomic E-state index is 14.1. The largest absolute Gasteiger partial charge is 0.354 e. The van der Waals surface area contributed by atoms with Gasteiger partial charge < -0.3 is 4.90 Å². The molecule has 94 valence electrons. The Bertz CT molecular complexity index is 399. The van der Waals surface area contributed by atoms with Gasteiger partial charge in [0, 0.05) is 18.5 Å². The van der Waals surface area contributed by atoms with Crippen molar-refractivity contribution in [3.63, 3.8) is 0 Å². The summed E-state index contributed by atoms with van der Waals surface area (Å²) in [6, 6.07) is 0. The number of halogens is 2. The molecule has 0 aliphatic carbocycles. The van der Waals surface area contributed by atoms with E-state index in [2.05, 4.69) is 16.9 Å². The fourth-order valence-electron chi connectivity index (χ4n) is 2.17. The van der Waals surface area contributed by atoms with Crippen LogP contribution in [0.1, 0.15) is 26.0 Å². The number of aryl methyl sites for hydroxylation is 1. The standard InChI is InChI=1S/C12H17ClFN3/c1-3-10-11(14)12(16-7-15-10)17-5-4-9(13)8(2)6-17/h7-9H,3-6H2,1-2H3. The predicted octanol–water partition coefficient (Wildman–Crippen LogP) is 2.63. The van der Waals surface area contributed by atoms with E-state index in [-0.39, 0.29) is 11.2 Å². The molecule has 0 amide bonds. The third-order valence-corrected chi connectivity index (χ3v) is 3.93. The van der Waals surface area contributed by atoms with Gasteiger partial charge in [-0.15, -0.1) is 11.6 Å². The molecule has 0 N–H and O–H groups in total. The van der Waals surface area contributed by atoms with E-state index in [1.165, 1.54) is 6.33 Å². The predicted molar refractivity (Wildman–Crippen MR) is 67.0 cm³/mol. The molecule has 2 unspecified atom stereocenters. The van der Waals surface area contributed by atoms with Crippen molar-refractivity contribution >= 4 is 17.4 Å². The summed E-state index contributed by atoms with van der Waals surface area (Å²) in [6.45, 7) is 5.49. The molecule has 2 heterocycles. The number of anilines is 1. The average molecular weight is 258 g/mol. The molecule has 0 saturated carbocycles. The Hall–Kier alpha value is -0.900. The van der Waals surface area contributed by atoms with Crippen LogP contribution < -0.4 is 4.90 Å². The summed E-state index contributed by atoms with van der Waals surface area (Å²) in [6.07, 6.45) is 2.89. The monoisotopic (exact) mass is 257 g/mol. The second-order valence-electron chi connectivity index (χ2n) is 4.54. The van der Waals surface area contributed by atoms with Gasteiger partial charge in [-0.1, -0.05) is 13.8 Å². The first kappa shape index (κ1) is 12.6. The van der Waals surface area contributed by atoms with E-state index in [0.29, 0.717) is 23.9 Å². The summed E-state index contributed by atoms with van der Waals surface area (Å²) in [5.74, 6) is 0.493. The third kappa shape index (κ3) is 2.51. The lowest BCUT2D eigenvalue weighted by Gasteiger charge is -2.35. The van der Waals surface area contributed by atoms with Gasteiger partial charge in [0.2, 0.25) is 0 Å². The summed E-state index contributed by atoms with van der Waals surface area (Å²) in [4.78, 5) is 9.99. The molecule has 1 aliphatic rings. The fraction of sp³-hybridized carbons (Fsp3) is 0.667. The van der Waals surface area contributed by atoms with Gasteiger partial charge in [0.15, 0.2) is 11.6 Å². The van der Waals surface area contributed by atoms with Gasteiger partial charge in [-0.05, 0) is 18.8 Å². The van der Waals surface area contributed by atoms with Crippen LogP contribution in [0.5, 0.6) is 0 Å². The molecule has 3 nitrogen and oxygen atoms in total. The second-order valence-corrected chi connectivity index (χ2v) is 5.10. The van der Waals surface area contributed by atoms with Crippen LogP contribution in [0.25, 0.3) is 0 Å². The minimum atomic E-state index is -0.282. The smallest absolute Gasteiger partial charge is 0.187 e. The Morgan fingerprint density at radius 2 is 2.29 bits per heavy atom. The van der Waals surface area contributed by atoms with Gasteiger partial charge in [0.1, 0.15) is 6.33 Å². The topological polar surface area (TPSA) is 29.0 Å². The van der Waals surface area contributed by atoms with Gasteiger partial charge >= 0.3 is 0 Å². The molecule has 1 aromatic heterocycles. The lowest BCUT2D eigenvalue weighted by molar-refractivity contribution is 0.445. The first-order valence-electron chi connectivity index (χ1n) is 6.01. The van der Waals surface area contributed by atoms with Crippen LogP contribution in [0.15, 0.2) is 6.33 Å². The average Bonchev–Trinajstić information content (AvgIpc) is 2.33. The van der Waals surface area contributed by atoms with Crippen molar-refractivity contribution in [2.75, 3.05) is 18.0 Å². The van der Waals surface area contributed by atoms with Crippen LogP contribution in [-0.4, -0.2) is 28.4 Å². The van der Waals surface area contributed by atoms with E-state index in [1.807, 2.05) is 11.8 Å². The van der Waals surface area contributed by atoms with E-state index in [9.17, 15) is 4.39 Å². The molecule has 0 bridgehead atoms. The van der Waals surface area contributed by atoms with Gasteiger partial charge in [0.25, 0.3) is 0 Å². The molecule has 2 atom stereocenters. The van der Waals surface area contributed by atoms with Crippen LogP contribution in [0, 0.1) is 11.7 Å². The van der Waals surface area contributed by atoms with Crippen LogP contribution >= 0.6 is 11.6 Å². The zero-order valence-electron chi connectivity index (χ0n) is 10.2. The van der Waals surface area contributed by atoms with E-state index in [1.54, 1.807) is 0 Å². The van der Waals surface area contributed by atoms with Crippen molar-refractivity contribution in [2.45, 2.75) is 32.1 Å². The molecule has 1 aromatic rings. The molecule has 0 aromatic carbocycles. The minimum Gasteiger partial charge on any atom is -0.354 e. The van der Waals surface area contributed by atoms with Crippen molar-refractivity contribution in [1.82, 2.24) is 9.97 Å². The molecule has 1 aliphatic heterocycles. The van der Waals surface area contributed by atoms with Crippen molar-refractivity contribution in [2.24, 2.45) is 5.92 Å². The van der Waals surface area contributed by atoms with Crippen LogP contribution in [0.4, 0.5) is 10.2 Å². The molecule has 17 heavy (non-hydrogen) atoms. The summed E-state index contributed by atoms with van der Waals surface area (Å²) >= 11 is 6.17. The van der Waals surface area contributed by atoms with Crippen molar-refractivity contribution < 1.29 is 4.39 Å². The quantitative estimate of drug-likeness (QED) is 0.763. The Kier molecular flexibility index (Phi) is 3.82. The molecule has 0 spiro atoms. The zero-order valence-corrected chi connectivity index (χ0v) is 10.9. The number of hydrogen-bond donors (Lipinski definition) is 0. The lowest BCUT2D eigenvalue weighted by Crippen LogP contribution is -2.41. The number of hydrogen-bond acceptors (Lipinski definition) is 3. The highest BCUT2D eigenvalue weighted by Crippen LogP contribution is 2.27. The lowest BCUT2D eigenvalue weighted by atomic mass is 9.99. The number of piperidine rings is 1. The van der Waals surface area contributed by atoms with Gasteiger partial charge in [-0.3, -0.25) is 0 Å². The third-order valence-electron chi connectivity index (χ3n) is 3.28. The highest BCUT2D eigenvalue weighted by atomic mass is 35.5. The van der Waals surface area contributed by atoms with E-state index in [4.69, 9.17) is 11.6 Å². The summed E-state index contributed by atoms with van der Waals surface area (Å²) in [7, 11) is 0. The Morgan fingerprint density at radius 3 is 2.94 bits per heavy atom. The summed E-state index contributed by atoms with van der Waals surface area (Å²) in [5.41, 5.74) is 0.482. The molecule has 2 rings (SSSR count). The molecule has 0 radical (unpaired) electrons. The van der Waals surface area contributed by atoms with Gasteiger partial charge in [-0.2, -0.15) is 0 Å². The summed E-state index contributed by atoms with van der Waals surface area (Å²) < 4.78 is 14.1. The SMILES string of the molecule is CCc1ncnc(N2CCC(Cl)C(C)C2)c1F. The molecule has 5 heteroatoms. The molecular weight excluding hydrogens is 241 g/mol. The highest BCUT2D eigenvalue weighted by Gasteiger charge is 2.27. The summed E-state index contributed by atoms with van der Waals surface area (Å²) in [5, 5.41) is 0.182. The van der Waals surface area contributed by atoms with Crippen LogP contribution in [0.3, 0.4) is 0 Å². The number of aromatic nitrogens is 2. The van der Waals surface area contributed by atoms with Gasteiger partial charge in [0.05, 0.1) is 5.69 Å². The minimum absolute atomic E-state index is 0.182. The van der Waals surface area contributed by atoms with Crippen molar-refractivity contribution in [3.8, 4) is 0 Å². The maximum absolute atomic E-state index is 14.1. The Balaban J connectivity index is 2.23. The molecule has 1 fully saturated rings. The zero-order chi connectivity index (χ0) is 12.4. The first-order valence-corrected chi connectivity index (χ1v) is 6.45. The first-order chi connectivity index (χ1) is 8.13. The molecule has 1 saturated heterocycles. The van der Waals surface area contributed by atoms with Gasteiger partial charge in [-0.25, -0.2) is 14.4 Å². The van der Waals surface area contributed by atoms with Crippen LogP contribution in [0.2, 0.25) is 0 Å². The number of rotatable bonds is 2. The Labute approximate surface area is 106 Å². The van der Waals surface area contributed by atoms with Crippen LogP contribution in [-0.2, 0) is 6.42 Å². The van der Waals surface area contributed by atoms with E-state index < -0.39 is 0 Å². The van der Waals surface area contributed by atoms with Crippen molar-refractivity contribution in [3.05, 3.63) is 17.8 Å². The van der Waals surface area contributed by atoms with Crippen molar-refractivity contribution in [1.29, 1.82) is 0 Å². The number of nitrogens with zero attached hydrogens (tertiary/aromatic N) is 3. The fourth-order valence-corrected chi connectivity index (χ4v) is 2.35. The normalized spacial score (nSPS) is 25.1. The van der Waals surface area contributed by atoms with E-state index in [0.717, 1.165) is 19.5 Å². The Morgan fingerprint density at radius 1 is 1.53 bits per heavy atom. The maximum Gasteiger partial charge on any atom is 0.187 e. The molecular formula is C12H17ClFN3. The number of alkyl halides is 1. The van der Waals surface area contributed by atoms with E-state index >= 15 is 0 Å².